The third-order valence-corrected chi connectivity index (χ3v) is 6.65. The maximum atomic E-state index is 6.32. The number of hydrogen-bond acceptors (Lipinski definition) is 8. The van der Waals surface area contributed by atoms with Gasteiger partial charge in [-0.3, -0.25) is 4.90 Å². The predicted octanol–water partition coefficient (Wildman–Crippen LogP) is 2.27. The standard InChI is InChI=1S/C22H34N6O2/c1-27(15-22(7-9-24-10-8-22)28-11-5-4-6-12-28)21-25-17-14-19(30-3)18(29-2)13-16(17)20(23)26-21/h13-14,24H,4-12,15H2,1-3H3,(H2,23,25,26). The van der Waals surface area contributed by atoms with Crippen molar-refractivity contribution in [1.82, 2.24) is 20.2 Å². The van der Waals surface area contributed by atoms with Crippen LogP contribution in [0.5, 0.6) is 11.5 Å². The number of rotatable bonds is 6. The van der Waals surface area contributed by atoms with Gasteiger partial charge in [0, 0.05) is 30.6 Å². The van der Waals surface area contributed by atoms with Crippen LogP contribution in [0.15, 0.2) is 12.1 Å². The average Bonchev–Trinajstić information content (AvgIpc) is 2.79. The Bertz CT molecular complexity index is 878. The fourth-order valence-corrected chi connectivity index (χ4v) is 4.98. The van der Waals surface area contributed by atoms with E-state index < -0.39 is 0 Å². The third-order valence-electron chi connectivity index (χ3n) is 6.65. The molecule has 1 aromatic heterocycles. The van der Waals surface area contributed by atoms with E-state index in [1.54, 1.807) is 14.2 Å². The Hall–Kier alpha value is -2.32. The smallest absolute Gasteiger partial charge is 0.227 e. The topological polar surface area (TPSA) is 88.8 Å². The molecule has 8 nitrogen and oxygen atoms in total. The molecule has 30 heavy (non-hydrogen) atoms. The number of piperidine rings is 2. The maximum absolute atomic E-state index is 6.32. The predicted molar refractivity (Wildman–Crippen MR) is 121 cm³/mol. The van der Waals surface area contributed by atoms with E-state index in [4.69, 9.17) is 20.2 Å². The largest absolute Gasteiger partial charge is 0.493 e. The molecule has 0 bridgehead atoms. The highest BCUT2D eigenvalue weighted by atomic mass is 16.5. The summed E-state index contributed by atoms with van der Waals surface area (Å²) in [5, 5.41) is 4.30. The van der Waals surface area contributed by atoms with Gasteiger partial charge in [-0.15, -0.1) is 0 Å². The number of aromatic nitrogens is 2. The highest BCUT2D eigenvalue weighted by Crippen LogP contribution is 2.35. The lowest BCUT2D eigenvalue weighted by molar-refractivity contribution is 0.0449. The second-order valence-electron chi connectivity index (χ2n) is 8.51. The first-order chi connectivity index (χ1) is 14.6. The molecule has 0 saturated carbocycles. The Morgan fingerprint density at radius 1 is 1.07 bits per heavy atom. The minimum Gasteiger partial charge on any atom is -0.493 e. The molecule has 0 aliphatic carbocycles. The summed E-state index contributed by atoms with van der Waals surface area (Å²) in [6.07, 6.45) is 6.22. The Balaban J connectivity index is 1.64. The maximum Gasteiger partial charge on any atom is 0.227 e. The Labute approximate surface area is 178 Å². The number of fused-ring (bicyclic) bond motifs is 1. The van der Waals surface area contributed by atoms with E-state index in [1.807, 2.05) is 12.1 Å². The Morgan fingerprint density at radius 3 is 2.40 bits per heavy atom. The summed E-state index contributed by atoms with van der Waals surface area (Å²) in [4.78, 5) is 14.4. The van der Waals surface area contributed by atoms with Gasteiger partial charge in [-0.25, -0.2) is 4.98 Å². The second-order valence-corrected chi connectivity index (χ2v) is 8.51. The zero-order valence-corrected chi connectivity index (χ0v) is 18.4. The summed E-state index contributed by atoms with van der Waals surface area (Å²) in [6, 6.07) is 3.71. The lowest BCUT2D eigenvalue weighted by Crippen LogP contribution is -2.61. The normalized spacial score (nSPS) is 19.6. The van der Waals surface area contributed by atoms with Crippen LogP contribution >= 0.6 is 0 Å². The summed E-state index contributed by atoms with van der Waals surface area (Å²) >= 11 is 0. The van der Waals surface area contributed by atoms with Crippen molar-refractivity contribution in [3.05, 3.63) is 12.1 Å². The molecule has 2 aliphatic heterocycles. The molecule has 3 heterocycles. The van der Waals surface area contributed by atoms with Crippen molar-refractivity contribution in [2.45, 2.75) is 37.6 Å². The minimum atomic E-state index is 0.158. The Kier molecular flexibility index (Phi) is 6.15. The molecule has 0 spiro atoms. The lowest BCUT2D eigenvalue weighted by atomic mass is 9.84. The molecule has 4 rings (SSSR count). The van der Waals surface area contributed by atoms with Crippen LogP contribution in [0.2, 0.25) is 0 Å². The summed E-state index contributed by atoms with van der Waals surface area (Å²) in [5.74, 6) is 2.38. The van der Waals surface area contributed by atoms with E-state index in [-0.39, 0.29) is 5.54 Å². The number of nitrogen functional groups attached to an aromatic ring is 1. The molecule has 0 radical (unpaired) electrons. The number of hydrogen-bond donors (Lipinski definition) is 2. The van der Waals surface area contributed by atoms with Crippen molar-refractivity contribution < 1.29 is 9.47 Å². The molecule has 1 aromatic carbocycles. The second kappa shape index (κ2) is 8.81. The molecule has 2 saturated heterocycles. The van der Waals surface area contributed by atoms with Gasteiger partial charge < -0.3 is 25.4 Å². The van der Waals surface area contributed by atoms with Crippen LogP contribution < -0.4 is 25.4 Å². The van der Waals surface area contributed by atoms with Gasteiger partial charge in [-0.05, 0) is 57.9 Å². The molecule has 3 N–H and O–H groups in total. The number of ether oxygens (including phenoxy) is 2. The molecule has 8 heteroatoms. The van der Waals surface area contributed by atoms with Gasteiger partial charge in [0.2, 0.25) is 5.95 Å². The van der Waals surface area contributed by atoms with Crippen molar-refractivity contribution >= 4 is 22.7 Å². The molecular formula is C22H34N6O2. The van der Waals surface area contributed by atoms with Crippen molar-refractivity contribution in [3.8, 4) is 11.5 Å². The number of benzene rings is 1. The quantitative estimate of drug-likeness (QED) is 0.744. The number of nitrogens with two attached hydrogens (primary N) is 1. The van der Waals surface area contributed by atoms with Crippen molar-refractivity contribution in [1.29, 1.82) is 0 Å². The van der Waals surface area contributed by atoms with Crippen LogP contribution in [0, 0.1) is 0 Å². The van der Waals surface area contributed by atoms with Crippen LogP contribution in [0.25, 0.3) is 10.9 Å². The van der Waals surface area contributed by atoms with E-state index in [2.05, 4.69) is 27.1 Å². The SMILES string of the molecule is COc1cc2nc(N(C)CC3(N4CCCCC4)CCNCC3)nc(N)c2cc1OC. The third kappa shape index (κ3) is 3.98. The molecule has 0 amide bonds. The first-order valence-electron chi connectivity index (χ1n) is 10.9. The summed E-state index contributed by atoms with van der Waals surface area (Å²) in [6.45, 7) is 5.38. The number of nitrogens with zero attached hydrogens (tertiary/aromatic N) is 4. The molecule has 2 fully saturated rings. The fourth-order valence-electron chi connectivity index (χ4n) is 4.98. The average molecular weight is 415 g/mol. The van der Waals surface area contributed by atoms with E-state index in [9.17, 15) is 0 Å². The summed E-state index contributed by atoms with van der Waals surface area (Å²) in [7, 11) is 5.32. The highest BCUT2D eigenvalue weighted by molar-refractivity contribution is 5.91. The molecular weight excluding hydrogens is 380 g/mol. The lowest BCUT2D eigenvalue weighted by Gasteiger charge is -2.50. The van der Waals surface area contributed by atoms with Crippen molar-refractivity contribution in [2.75, 3.05) is 64.6 Å². The van der Waals surface area contributed by atoms with E-state index in [1.165, 1.54) is 32.4 Å². The van der Waals surface area contributed by atoms with Crippen LogP contribution in [0.1, 0.15) is 32.1 Å². The zero-order valence-electron chi connectivity index (χ0n) is 18.4. The Morgan fingerprint density at radius 2 is 1.73 bits per heavy atom. The molecule has 2 aromatic rings. The molecule has 2 aliphatic rings. The van der Waals surface area contributed by atoms with E-state index in [0.717, 1.165) is 43.4 Å². The van der Waals surface area contributed by atoms with Gasteiger partial charge in [0.25, 0.3) is 0 Å². The molecule has 0 atom stereocenters. The first kappa shape index (κ1) is 20.9. The summed E-state index contributed by atoms with van der Waals surface area (Å²) < 4.78 is 10.8. The number of nitrogens with one attached hydrogen (secondary N) is 1. The summed E-state index contributed by atoms with van der Waals surface area (Å²) in [5.41, 5.74) is 7.25. The van der Waals surface area contributed by atoms with Crippen LogP contribution in [0.3, 0.4) is 0 Å². The van der Waals surface area contributed by atoms with E-state index >= 15 is 0 Å². The van der Waals surface area contributed by atoms with Crippen LogP contribution in [-0.4, -0.2) is 74.4 Å². The van der Waals surface area contributed by atoms with Gasteiger partial charge in [0.15, 0.2) is 11.5 Å². The van der Waals surface area contributed by atoms with Crippen molar-refractivity contribution in [3.63, 3.8) is 0 Å². The van der Waals surface area contributed by atoms with Gasteiger partial charge >= 0.3 is 0 Å². The number of likely N-dealkylation sites (N-methyl/N-ethyl adjacent to an activating group) is 1. The van der Waals surface area contributed by atoms with Gasteiger partial charge in [0.05, 0.1) is 19.7 Å². The van der Waals surface area contributed by atoms with Gasteiger partial charge in [0.1, 0.15) is 5.82 Å². The van der Waals surface area contributed by atoms with Gasteiger partial charge in [-0.1, -0.05) is 6.42 Å². The van der Waals surface area contributed by atoms with Crippen LogP contribution in [0.4, 0.5) is 11.8 Å². The van der Waals surface area contributed by atoms with E-state index in [0.29, 0.717) is 23.3 Å². The molecule has 164 valence electrons. The number of methoxy groups -OCH3 is 2. The van der Waals surface area contributed by atoms with Crippen LogP contribution in [-0.2, 0) is 0 Å². The number of anilines is 2. The monoisotopic (exact) mass is 414 g/mol. The number of likely N-dealkylation sites (tertiary alicyclic amines) is 1. The van der Waals surface area contributed by atoms with Crippen molar-refractivity contribution in [2.24, 2.45) is 0 Å². The fraction of sp³-hybridized carbons (Fsp3) is 0.636. The van der Waals surface area contributed by atoms with Gasteiger partial charge in [-0.2, -0.15) is 4.98 Å². The highest BCUT2D eigenvalue weighted by Gasteiger charge is 2.39. The first-order valence-corrected chi connectivity index (χ1v) is 10.9. The molecule has 0 unspecified atom stereocenters. The zero-order chi connectivity index (χ0) is 21.1. The minimum absolute atomic E-state index is 0.158.